The van der Waals surface area contributed by atoms with Crippen LogP contribution in [0.1, 0.15) is 43.0 Å². The lowest BCUT2D eigenvalue weighted by Gasteiger charge is -2.29. The molecule has 2 atom stereocenters. The summed E-state index contributed by atoms with van der Waals surface area (Å²) in [6.07, 6.45) is 4.18. The van der Waals surface area contributed by atoms with Crippen molar-refractivity contribution in [2.75, 3.05) is 6.54 Å². The van der Waals surface area contributed by atoms with Crippen molar-refractivity contribution in [3.05, 3.63) is 71.4 Å². The van der Waals surface area contributed by atoms with E-state index in [1.807, 2.05) is 60.5 Å². The Balaban J connectivity index is 1.47. The number of rotatable bonds is 7. The first-order valence-electron chi connectivity index (χ1n) is 11.6. The molecule has 1 fully saturated rings. The van der Waals surface area contributed by atoms with Gasteiger partial charge in [0.25, 0.3) is 0 Å². The minimum absolute atomic E-state index is 0.00672. The highest BCUT2D eigenvalue weighted by Gasteiger charge is 2.33. The summed E-state index contributed by atoms with van der Waals surface area (Å²) < 4.78 is 2.15. The van der Waals surface area contributed by atoms with Crippen LogP contribution in [0.5, 0.6) is 0 Å². The number of carbonyl (C=O) groups excluding carboxylic acids is 2. The fraction of sp³-hybridized carbons (Fsp3) is 0.370. The summed E-state index contributed by atoms with van der Waals surface area (Å²) in [5, 5.41) is 13.2. The van der Waals surface area contributed by atoms with Gasteiger partial charge in [-0.25, -0.2) is 0 Å². The van der Waals surface area contributed by atoms with Gasteiger partial charge in [0.2, 0.25) is 11.8 Å². The number of nitrogens with zero attached hydrogens (tertiary/aromatic N) is 3. The first kappa shape index (κ1) is 22.6. The highest BCUT2D eigenvalue weighted by Crippen LogP contribution is 2.26. The standard InChI is InChI=1S/C27H30N4O2/c1-19(32)29-25(15-20-7-4-3-5-8-20)27(33)31-14-6-9-23(31)12-13-24-17-22-11-10-21(18-28)16-26(22)30(24)2/h3-5,7-8,10-11,16-17,23,25H,6,9,12-15H2,1-2H3,(H,29,32)/t23?,25-/m1/s1. The molecular formula is C27H30N4O2. The van der Waals surface area contributed by atoms with Crippen LogP contribution in [0.2, 0.25) is 0 Å². The third kappa shape index (κ3) is 5.09. The Labute approximate surface area is 194 Å². The third-order valence-electron chi connectivity index (χ3n) is 6.63. The van der Waals surface area contributed by atoms with Crippen molar-refractivity contribution in [1.82, 2.24) is 14.8 Å². The summed E-state index contributed by atoms with van der Waals surface area (Å²) in [6, 6.07) is 19.6. The topological polar surface area (TPSA) is 78.1 Å². The molecule has 1 unspecified atom stereocenters. The van der Waals surface area contributed by atoms with E-state index in [0.717, 1.165) is 48.7 Å². The van der Waals surface area contributed by atoms with E-state index in [1.54, 1.807) is 0 Å². The van der Waals surface area contributed by atoms with Gasteiger partial charge in [-0.05, 0) is 54.8 Å². The number of nitriles is 1. The number of hydrogen-bond acceptors (Lipinski definition) is 3. The van der Waals surface area contributed by atoms with Crippen molar-refractivity contribution in [1.29, 1.82) is 5.26 Å². The van der Waals surface area contributed by atoms with E-state index < -0.39 is 6.04 Å². The number of nitrogens with one attached hydrogen (secondary N) is 1. The third-order valence-corrected chi connectivity index (χ3v) is 6.63. The van der Waals surface area contributed by atoms with Crippen LogP contribution in [0.25, 0.3) is 10.9 Å². The second kappa shape index (κ2) is 9.91. The molecule has 1 aliphatic heterocycles. The fourth-order valence-corrected chi connectivity index (χ4v) is 4.93. The van der Waals surface area contributed by atoms with Gasteiger partial charge < -0.3 is 14.8 Å². The predicted octanol–water partition coefficient (Wildman–Crippen LogP) is 3.72. The summed E-state index contributed by atoms with van der Waals surface area (Å²) in [5.41, 5.74) is 3.94. The van der Waals surface area contributed by atoms with Crippen molar-refractivity contribution < 1.29 is 9.59 Å². The van der Waals surface area contributed by atoms with Crippen LogP contribution in [0.3, 0.4) is 0 Å². The summed E-state index contributed by atoms with van der Waals surface area (Å²) >= 11 is 0. The number of aryl methyl sites for hydroxylation is 2. The highest BCUT2D eigenvalue weighted by atomic mass is 16.2. The number of benzene rings is 2. The Hall–Kier alpha value is -3.59. The van der Waals surface area contributed by atoms with Crippen molar-refractivity contribution in [3.8, 4) is 6.07 Å². The molecule has 33 heavy (non-hydrogen) atoms. The van der Waals surface area contributed by atoms with Gasteiger partial charge in [-0.1, -0.05) is 36.4 Å². The van der Waals surface area contributed by atoms with Gasteiger partial charge in [-0.15, -0.1) is 0 Å². The number of likely N-dealkylation sites (tertiary alicyclic amines) is 1. The second-order valence-corrected chi connectivity index (χ2v) is 8.89. The maximum Gasteiger partial charge on any atom is 0.245 e. The molecule has 3 aromatic rings. The molecule has 2 aromatic carbocycles. The zero-order chi connectivity index (χ0) is 23.4. The lowest BCUT2D eigenvalue weighted by molar-refractivity contribution is -0.136. The van der Waals surface area contributed by atoms with E-state index in [9.17, 15) is 14.9 Å². The van der Waals surface area contributed by atoms with Crippen molar-refractivity contribution >= 4 is 22.7 Å². The second-order valence-electron chi connectivity index (χ2n) is 8.89. The van der Waals surface area contributed by atoms with Gasteiger partial charge in [0.1, 0.15) is 6.04 Å². The highest BCUT2D eigenvalue weighted by molar-refractivity contribution is 5.87. The summed E-state index contributed by atoms with van der Waals surface area (Å²) in [7, 11) is 2.03. The summed E-state index contributed by atoms with van der Waals surface area (Å²) in [6.45, 7) is 2.19. The SMILES string of the molecule is CC(=O)N[C@H](Cc1ccccc1)C(=O)N1CCCC1CCc1cc2ccc(C#N)cc2n1C. The molecule has 1 N–H and O–H groups in total. The first-order chi connectivity index (χ1) is 16.0. The number of hydrogen-bond donors (Lipinski definition) is 1. The molecule has 1 aliphatic rings. The minimum Gasteiger partial charge on any atom is -0.348 e. The number of aromatic nitrogens is 1. The van der Waals surface area contributed by atoms with E-state index in [0.29, 0.717) is 12.0 Å². The molecule has 0 spiro atoms. The molecule has 0 saturated carbocycles. The van der Waals surface area contributed by atoms with E-state index in [1.165, 1.54) is 12.6 Å². The first-order valence-corrected chi connectivity index (χ1v) is 11.6. The van der Waals surface area contributed by atoms with Crippen molar-refractivity contribution in [2.45, 2.75) is 51.1 Å². The average Bonchev–Trinajstić information content (AvgIpc) is 3.41. The van der Waals surface area contributed by atoms with Gasteiger partial charge >= 0.3 is 0 Å². The Morgan fingerprint density at radius 2 is 1.97 bits per heavy atom. The Kier molecular flexibility index (Phi) is 6.79. The number of amides is 2. The molecule has 170 valence electrons. The molecule has 4 rings (SSSR count). The van der Waals surface area contributed by atoms with Crippen LogP contribution in [0, 0.1) is 11.3 Å². The minimum atomic E-state index is -0.549. The molecule has 1 aromatic heterocycles. The fourth-order valence-electron chi connectivity index (χ4n) is 4.93. The van der Waals surface area contributed by atoms with Gasteiger partial charge in [0.05, 0.1) is 11.6 Å². The van der Waals surface area contributed by atoms with Gasteiger partial charge in [0.15, 0.2) is 0 Å². The molecule has 0 bridgehead atoms. The molecular weight excluding hydrogens is 412 g/mol. The van der Waals surface area contributed by atoms with Crippen LogP contribution in [-0.2, 0) is 29.5 Å². The quantitative estimate of drug-likeness (QED) is 0.606. The molecule has 6 nitrogen and oxygen atoms in total. The Morgan fingerprint density at radius 3 is 2.70 bits per heavy atom. The summed E-state index contributed by atoms with van der Waals surface area (Å²) in [5.74, 6) is -0.181. The number of fused-ring (bicyclic) bond motifs is 1. The van der Waals surface area contributed by atoms with E-state index in [4.69, 9.17) is 0 Å². The van der Waals surface area contributed by atoms with E-state index >= 15 is 0 Å². The molecule has 2 heterocycles. The van der Waals surface area contributed by atoms with Gasteiger partial charge in [0, 0.05) is 44.2 Å². The molecule has 2 amide bonds. The van der Waals surface area contributed by atoms with Crippen molar-refractivity contribution in [3.63, 3.8) is 0 Å². The van der Waals surface area contributed by atoms with Gasteiger partial charge in [-0.3, -0.25) is 9.59 Å². The Morgan fingerprint density at radius 1 is 1.18 bits per heavy atom. The predicted molar refractivity (Wildman–Crippen MR) is 128 cm³/mol. The largest absolute Gasteiger partial charge is 0.348 e. The number of carbonyl (C=O) groups is 2. The lowest BCUT2D eigenvalue weighted by atomic mass is 10.0. The lowest BCUT2D eigenvalue weighted by Crippen LogP contribution is -2.50. The normalized spacial score (nSPS) is 16.5. The zero-order valence-electron chi connectivity index (χ0n) is 19.3. The van der Waals surface area contributed by atoms with Gasteiger partial charge in [-0.2, -0.15) is 5.26 Å². The molecule has 6 heteroatoms. The van der Waals surface area contributed by atoms with Crippen molar-refractivity contribution in [2.24, 2.45) is 7.05 Å². The smallest absolute Gasteiger partial charge is 0.245 e. The van der Waals surface area contributed by atoms with E-state index in [2.05, 4.69) is 22.0 Å². The van der Waals surface area contributed by atoms with Crippen LogP contribution in [-0.4, -0.2) is 39.9 Å². The Bertz CT molecular complexity index is 1190. The molecule has 0 radical (unpaired) electrons. The van der Waals surface area contributed by atoms with Crippen LogP contribution >= 0.6 is 0 Å². The maximum absolute atomic E-state index is 13.5. The average molecular weight is 443 g/mol. The van der Waals surface area contributed by atoms with Crippen LogP contribution in [0.4, 0.5) is 0 Å². The van der Waals surface area contributed by atoms with Crippen LogP contribution in [0.15, 0.2) is 54.6 Å². The summed E-state index contributed by atoms with van der Waals surface area (Å²) in [4.78, 5) is 27.3. The molecule has 0 aliphatic carbocycles. The van der Waals surface area contributed by atoms with E-state index in [-0.39, 0.29) is 17.9 Å². The maximum atomic E-state index is 13.5. The van der Waals surface area contributed by atoms with Crippen LogP contribution < -0.4 is 5.32 Å². The zero-order valence-corrected chi connectivity index (χ0v) is 19.3. The molecule has 1 saturated heterocycles. The monoisotopic (exact) mass is 442 g/mol.